The number of amides is 2. The number of hydrogen-bond donors (Lipinski definition) is 0. The Labute approximate surface area is 159 Å². The number of likely N-dealkylation sites (N-methyl/N-ethyl adjacent to an activating group) is 1. The lowest BCUT2D eigenvalue weighted by atomic mass is 10.1. The van der Waals surface area contributed by atoms with E-state index in [4.69, 9.17) is 9.47 Å². The predicted octanol–water partition coefficient (Wildman–Crippen LogP) is 2.76. The van der Waals surface area contributed by atoms with Crippen molar-refractivity contribution in [2.75, 3.05) is 38.8 Å². The molecule has 142 valence electrons. The summed E-state index contributed by atoms with van der Waals surface area (Å²) in [6.45, 7) is 3.11. The molecule has 0 spiro atoms. The maximum absolute atomic E-state index is 12.7. The van der Waals surface area contributed by atoms with E-state index in [1.165, 1.54) is 0 Å². The van der Waals surface area contributed by atoms with Crippen molar-refractivity contribution in [1.29, 1.82) is 0 Å². The van der Waals surface area contributed by atoms with Gasteiger partial charge in [-0.05, 0) is 54.4 Å². The van der Waals surface area contributed by atoms with E-state index < -0.39 is 0 Å². The van der Waals surface area contributed by atoms with E-state index in [1.54, 1.807) is 36.9 Å². The van der Waals surface area contributed by atoms with Crippen molar-refractivity contribution in [2.45, 2.75) is 13.3 Å². The van der Waals surface area contributed by atoms with Crippen LogP contribution in [0.3, 0.4) is 0 Å². The van der Waals surface area contributed by atoms with E-state index in [9.17, 15) is 9.59 Å². The maximum atomic E-state index is 12.7. The minimum Gasteiger partial charge on any atom is -0.497 e. The summed E-state index contributed by atoms with van der Waals surface area (Å²) < 4.78 is 10.8. The molecule has 2 amide bonds. The highest BCUT2D eigenvalue weighted by Gasteiger charge is 2.23. The van der Waals surface area contributed by atoms with Crippen LogP contribution in [0.4, 0.5) is 5.69 Å². The van der Waals surface area contributed by atoms with Crippen LogP contribution in [-0.2, 0) is 11.2 Å². The summed E-state index contributed by atoms with van der Waals surface area (Å²) in [6.07, 6.45) is 0.778. The Hall–Kier alpha value is -3.02. The summed E-state index contributed by atoms with van der Waals surface area (Å²) in [7, 11) is 3.38. The molecule has 1 aliphatic heterocycles. The second-order valence-electron chi connectivity index (χ2n) is 6.51. The van der Waals surface area contributed by atoms with Gasteiger partial charge < -0.3 is 19.3 Å². The Morgan fingerprint density at radius 2 is 1.81 bits per heavy atom. The number of carbonyl (C=O) groups is 2. The quantitative estimate of drug-likeness (QED) is 0.787. The summed E-state index contributed by atoms with van der Waals surface area (Å²) in [5.74, 6) is 1.48. The number of methoxy groups -OCH3 is 1. The average molecular weight is 368 g/mol. The summed E-state index contributed by atoms with van der Waals surface area (Å²) in [5, 5.41) is 0. The first-order chi connectivity index (χ1) is 13.0. The van der Waals surface area contributed by atoms with Crippen molar-refractivity contribution >= 4 is 17.5 Å². The molecule has 0 saturated carbocycles. The van der Waals surface area contributed by atoms with E-state index in [-0.39, 0.29) is 11.8 Å². The van der Waals surface area contributed by atoms with Crippen LogP contribution in [0.1, 0.15) is 22.8 Å². The van der Waals surface area contributed by atoms with E-state index in [2.05, 4.69) is 0 Å². The maximum Gasteiger partial charge on any atom is 0.253 e. The molecule has 0 atom stereocenters. The molecule has 0 unspecified atom stereocenters. The second-order valence-corrected chi connectivity index (χ2v) is 6.51. The second kappa shape index (κ2) is 8.12. The molecular formula is C21H24N2O4. The number of benzene rings is 2. The van der Waals surface area contributed by atoms with E-state index in [0.717, 1.165) is 29.2 Å². The van der Waals surface area contributed by atoms with Gasteiger partial charge in [0, 0.05) is 31.8 Å². The molecule has 0 fully saturated rings. The molecule has 27 heavy (non-hydrogen) atoms. The number of hydrogen-bond acceptors (Lipinski definition) is 4. The molecule has 2 aromatic carbocycles. The summed E-state index contributed by atoms with van der Waals surface area (Å²) in [6, 6.07) is 12.9. The SMILES string of the molecule is COc1ccc(OCCN(C)C(=O)c2ccc3c(c2)CCN3C(C)=O)cc1. The third-order valence-corrected chi connectivity index (χ3v) is 4.70. The van der Waals surface area contributed by atoms with E-state index in [0.29, 0.717) is 25.3 Å². The molecule has 1 aliphatic rings. The van der Waals surface area contributed by atoms with Crippen LogP contribution >= 0.6 is 0 Å². The van der Waals surface area contributed by atoms with Gasteiger partial charge in [-0.15, -0.1) is 0 Å². The number of rotatable bonds is 6. The lowest BCUT2D eigenvalue weighted by molar-refractivity contribution is -0.116. The van der Waals surface area contributed by atoms with Crippen LogP contribution in [0, 0.1) is 0 Å². The third-order valence-electron chi connectivity index (χ3n) is 4.70. The molecular weight excluding hydrogens is 344 g/mol. The van der Waals surface area contributed by atoms with Crippen molar-refractivity contribution in [3.8, 4) is 11.5 Å². The highest BCUT2D eigenvalue weighted by Crippen LogP contribution is 2.29. The standard InChI is InChI=1S/C21H24N2O4/c1-15(24)23-11-10-16-14-17(4-9-20(16)23)21(25)22(2)12-13-27-19-7-5-18(26-3)6-8-19/h4-9,14H,10-13H2,1-3H3. The Kier molecular flexibility index (Phi) is 5.64. The molecule has 0 N–H and O–H groups in total. The number of ether oxygens (including phenoxy) is 2. The monoisotopic (exact) mass is 368 g/mol. The first-order valence-electron chi connectivity index (χ1n) is 8.93. The van der Waals surface area contributed by atoms with Gasteiger partial charge in [0.2, 0.25) is 5.91 Å². The smallest absolute Gasteiger partial charge is 0.253 e. The molecule has 0 aliphatic carbocycles. The fraction of sp³-hybridized carbons (Fsp3) is 0.333. The molecule has 1 heterocycles. The van der Waals surface area contributed by atoms with Crippen LogP contribution in [0.25, 0.3) is 0 Å². The van der Waals surface area contributed by atoms with Gasteiger partial charge in [0.25, 0.3) is 5.91 Å². The van der Waals surface area contributed by atoms with Crippen LogP contribution in [-0.4, -0.2) is 50.6 Å². The first kappa shape index (κ1) is 18.8. The van der Waals surface area contributed by atoms with E-state index in [1.807, 2.05) is 36.4 Å². The molecule has 6 nitrogen and oxygen atoms in total. The van der Waals surface area contributed by atoms with Gasteiger partial charge in [-0.3, -0.25) is 9.59 Å². The lowest BCUT2D eigenvalue weighted by Crippen LogP contribution is -2.31. The van der Waals surface area contributed by atoms with Gasteiger partial charge in [-0.25, -0.2) is 0 Å². The Morgan fingerprint density at radius 1 is 1.11 bits per heavy atom. The van der Waals surface area contributed by atoms with Crippen LogP contribution in [0.15, 0.2) is 42.5 Å². The number of nitrogens with zero attached hydrogens (tertiary/aromatic N) is 2. The zero-order valence-corrected chi connectivity index (χ0v) is 15.9. The van der Waals surface area contributed by atoms with Gasteiger partial charge in [-0.2, -0.15) is 0 Å². The topological polar surface area (TPSA) is 59.1 Å². The van der Waals surface area contributed by atoms with Crippen molar-refractivity contribution < 1.29 is 19.1 Å². The van der Waals surface area contributed by atoms with Crippen molar-refractivity contribution in [3.63, 3.8) is 0 Å². The van der Waals surface area contributed by atoms with Gasteiger partial charge in [0.05, 0.1) is 13.7 Å². The molecule has 0 saturated heterocycles. The number of carbonyl (C=O) groups excluding carboxylic acids is 2. The normalized spacial score (nSPS) is 12.5. The van der Waals surface area contributed by atoms with Crippen LogP contribution in [0.2, 0.25) is 0 Å². The number of fused-ring (bicyclic) bond motifs is 1. The highest BCUT2D eigenvalue weighted by molar-refractivity contribution is 5.97. The number of anilines is 1. The van der Waals surface area contributed by atoms with Gasteiger partial charge in [-0.1, -0.05) is 0 Å². The molecule has 6 heteroatoms. The third kappa shape index (κ3) is 4.22. The molecule has 3 rings (SSSR count). The molecule has 2 aromatic rings. The Bertz CT molecular complexity index is 833. The van der Waals surface area contributed by atoms with Crippen LogP contribution in [0.5, 0.6) is 11.5 Å². The average Bonchev–Trinajstić information content (AvgIpc) is 3.11. The minimum atomic E-state index is -0.0580. The van der Waals surface area contributed by atoms with Gasteiger partial charge in [0.15, 0.2) is 0 Å². The zero-order valence-electron chi connectivity index (χ0n) is 15.9. The predicted molar refractivity (Wildman–Crippen MR) is 104 cm³/mol. The minimum absolute atomic E-state index is 0.0284. The van der Waals surface area contributed by atoms with Crippen molar-refractivity contribution in [3.05, 3.63) is 53.6 Å². The zero-order chi connectivity index (χ0) is 19.4. The summed E-state index contributed by atoms with van der Waals surface area (Å²) in [4.78, 5) is 27.7. The summed E-state index contributed by atoms with van der Waals surface area (Å²) in [5.41, 5.74) is 2.58. The van der Waals surface area contributed by atoms with Gasteiger partial charge in [0.1, 0.15) is 18.1 Å². The van der Waals surface area contributed by atoms with Crippen molar-refractivity contribution in [1.82, 2.24) is 4.90 Å². The lowest BCUT2D eigenvalue weighted by Gasteiger charge is -2.19. The molecule has 0 aromatic heterocycles. The molecule has 0 bridgehead atoms. The summed E-state index contributed by atoms with van der Waals surface area (Å²) >= 11 is 0. The van der Waals surface area contributed by atoms with Crippen LogP contribution < -0.4 is 14.4 Å². The van der Waals surface area contributed by atoms with Crippen molar-refractivity contribution in [2.24, 2.45) is 0 Å². The Balaban J connectivity index is 1.56. The first-order valence-corrected chi connectivity index (χ1v) is 8.93. The fourth-order valence-electron chi connectivity index (χ4n) is 3.16. The highest BCUT2D eigenvalue weighted by atomic mass is 16.5. The molecule has 0 radical (unpaired) electrons. The van der Waals surface area contributed by atoms with E-state index >= 15 is 0 Å². The van der Waals surface area contributed by atoms with Gasteiger partial charge >= 0.3 is 0 Å². The largest absolute Gasteiger partial charge is 0.497 e. The fourth-order valence-corrected chi connectivity index (χ4v) is 3.16. The Morgan fingerprint density at radius 3 is 2.48 bits per heavy atom.